The maximum Gasteiger partial charge on any atom is 0.405 e. The Kier molecular flexibility index (Phi) is 7.13. The van der Waals surface area contributed by atoms with Gasteiger partial charge in [-0.15, -0.1) is 0 Å². The fraction of sp³-hybridized carbons (Fsp3) is 0.348. The molecule has 0 radical (unpaired) electrons. The molecular formula is C23H25F3N6O2. The van der Waals surface area contributed by atoms with Crippen LogP contribution in [0.1, 0.15) is 17.9 Å². The standard InChI is InChI=1S/C23H25F3N6O2/c24-23(25,26)14-30-22(33)31-18-3-1-2-16(8-18)20-12-29-21-9-15(4-6-32(20)21)17(10-27)11-28-19-5-7-34-13-19/h1-4,6,8-10,12,17,19,27-28H,5,7,11,13-14H2,(H2,30,31,33). The van der Waals surface area contributed by atoms with E-state index >= 15 is 0 Å². The van der Waals surface area contributed by atoms with Crippen LogP contribution in [0, 0.1) is 5.41 Å². The Balaban J connectivity index is 1.48. The summed E-state index contributed by atoms with van der Waals surface area (Å²) in [7, 11) is 0. The Bertz CT molecular complexity index is 1160. The molecule has 0 bridgehead atoms. The van der Waals surface area contributed by atoms with Gasteiger partial charge in [-0.1, -0.05) is 12.1 Å². The van der Waals surface area contributed by atoms with E-state index in [1.165, 1.54) is 6.21 Å². The van der Waals surface area contributed by atoms with E-state index in [-0.39, 0.29) is 5.92 Å². The summed E-state index contributed by atoms with van der Waals surface area (Å²) < 4.78 is 44.1. The van der Waals surface area contributed by atoms with Crippen LogP contribution in [0.2, 0.25) is 0 Å². The number of nitrogens with zero attached hydrogens (tertiary/aromatic N) is 2. The quantitative estimate of drug-likeness (QED) is 0.373. The molecule has 4 N–H and O–H groups in total. The summed E-state index contributed by atoms with van der Waals surface area (Å²) in [5.74, 6) is -0.103. The number of halogens is 3. The molecule has 0 spiro atoms. The summed E-state index contributed by atoms with van der Waals surface area (Å²) in [5, 5.41) is 15.5. The zero-order chi connectivity index (χ0) is 24.1. The van der Waals surface area contributed by atoms with E-state index in [2.05, 4.69) is 15.6 Å². The van der Waals surface area contributed by atoms with Crippen molar-refractivity contribution in [1.29, 1.82) is 5.41 Å². The number of carbonyl (C=O) groups excluding carboxylic acids is 1. The molecule has 2 amide bonds. The number of nitrogens with one attached hydrogen (secondary N) is 4. The lowest BCUT2D eigenvalue weighted by molar-refractivity contribution is -0.122. The molecule has 11 heteroatoms. The number of aromatic nitrogens is 2. The van der Waals surface area contributed by atoms with Crippen LogP contribution in [-0.2, 0) is 4.74 Å². The fourth-order valence-corrected chi connectivity index (χ4v) is 3.81. The lowest BCUT2D eigenvalue weighted by Crippen LogP contribution is -2.36. The van der Waals surface area contributed by atoms with Crippen molar-refractivity contribution >= 4 is 23.6 Å². The highest BCUT2D eigenvalue weighted by atomic mass is 19.4. The summed E-state index contributed by atoms with van der Waals surface area (Å²) >= 11 is 0. The molecule has 4 rings (SSSR count). The summed E-state index contributed by atoms with van der Waals surface area (Å²) in [6, 6.07) is 10.0. The summed E-state index contributed by atoms with van der Waals surface area (Å²) in [6.45, 7) is 0.663. The van der Waals surface area contributed by atoms with Crippen LogP contribution in [0.4, 0.5) is 23.7 Å². The molecule has 34 heavy (non-hydrogen) atoms. The van der Waals surface area contributed by atoms with Gasteiger partial charge in [-0.25, -0.2) is 9.78 Å². The molecule has 2 atom stereocenters. The minimum atomic E-state index is -4.48. The van der Waals surface area contributed by atoms with Gasteiger partial charge in [0.15, 0.2) is 0 Å². The molecule has 3 heterocycles. The number of amides is 2. The number of imidazole rings is 1. The number of pyridine rings is 1. The number of carbonyl (C=O) groups is 1. The third-order valence-corrected chi connectivity index (χ3v) is 5.59. The number of hydrogen-bond donors (Lipinski definition) is 4. The first kappa shape index (κ1) is 23.7. The number of hydrogen-bond acceptors (Lipinski definition) is 5. The van der Waals surface area contributed by atoms with Crippen molar-refractivity contribution in [2.75, 3.05) is 31.6 Å². The molecule has 3 aromatic rings. The number of ether oxygens (including phenoxy) is 1. The van der Waals surface area contributed by atoms with Gasteiger partial charge in [0, 0.05) is 48.8 Å². The molecule has 180 valence electrons. The smallest absolute Gasteiger partial charge is 0.380 e. The molecule has 0 saturated carbocycles. The summed E-state index contributed by atoms with van der Waals surface area (Å²) in [4.78, 5) is 16.2. The van der Waals surface area contributed by atoms with Crippen LogP contribution in [0.3, 0.4) is 0 Å². The van der Waals surface area contributed by atoms with Crippen molar-refractivity contribution in [2.45, 2.75) is 24.6 Å². The van der Waals surface area contributed by atoms with Crippen molar-refractivity contribution < 1.29 is 22.7 Å². The first-order valence-electron chi connectivity index (χ1n) is 10.8. The van der Waals surface area contributed by atoms with Crippen LogP contribution >= 0.6 is 0 Å². The maximum absolute atomic E-state index is 12.3. The predicted octanol–water partition coefficient (Wildman–Crippen LogP) is 3.80. The van der Waals surface area contributed by atoms with Gasteiger partial charge < -0.3 is 26.1 Å². The summed E-state index contributed by atoms with van der Waals surface area (Å²) in [5.41, 5.74) is 3.51. The molecule has 1 aromatic carbocycles. The van der Waals surface area contributed by atoms with Gasteiger partial charge in [-0.2, -0.15) is 13.2 Å². The van der Waals surface area contributed by atoms with Crippen LogP contribution in [0.5, 0.6) is 0 Å². The number of urea groups is 1. The lowest BCUT2D eigenvalue weighted by atomic mass is 10.0. The fourth-order valence-electron chi connectivity index (χ4n) is 3.81. The second-order valence-electron chi connectivity index (χ2n) is 8.08. The third kappa shape index (κ3) is 5.91. The van der Waals surface area contributed by atoms with Crippen LogP contribution in [0.15, 0.2) is 48.8 Å². The zero-order valence-electron chi connectivity index (χ0n) is 18.2. The molecule has 1 saturated heterocycles. The Morgan fingerprint density at radius 1 is 1.32 bits per heavy atom. The number of fused-ring (bicyclic) bond motifs is 1. The third-order valence-electron chi connectivity index (χ3n) is 5.59. The van der Waals surface area contributed by atoms with Crippen LogP contribution in [0.25, 0.3) is 16.9 Å². The normalized spacial score (nSPS) is 17.0. The first-order chi connectivity index (χ1) is 16.3. The van der Waals surface area contributed by atoms with Gasteiger partial charge in [0.2, 0.25) is 0 Å². The number of benzene rings is 1. The number of rotatable bonds is 8. The molecule has 2 unspecified atom stereocenters. The Morgan fingerprint density at radius 2 is 2.18 bits per heavy atom. The molecule has 0 aliphatic carbocycles. The van der Waals surface area contributed by atoms with Crippen LogP contribution in [-0.4, -0.2) is 60.2 Å². The average Bonchev–Trinajstić information content (AvgIpc) is 3.47. The number of anilines is 1. The van der Waals surface area contributed by atoms with E-state index in [1.54, 1.807) is 29.7 Å². The van der Waals surface area contributed by atoms with E-state index < -0.39 is 18.8 Å². The van der Waals surface area contributed by atoms with Gasteiger partial charge in [-0.05, 0) is 36.2 Å². The largest absolute Gasteiger partial charge is 0.405 e. The average molecular weight is 474 g/mol. The molecule has 1 aliphatic heterocycles. The first-order valence-corrected chi connectivity index (χ1v) is 10.8. The van der Waals surface area contributed by atoms with Gasteiger partial charge in [-0.3, -0.25) is 4.40 Å². The Hall–Kier alpha value is -3.44. The highest BCUT2D eigenvalue weighted by Gasteiger charge is 2.27. The second-order valence-corrected chi connectivity index (χ2v) is 8.08. The minimum Gasteiger partial charge on any atom is -0.380 e. The van der Waals surface area contributed by atoms with Gasteiger partial charge in [0.05, 0.1) is 18.5 Å². The lowest BCUT2D eigenvalue weighted by Gasteiger charge is -2.17. The van der Waals surface area contributed by atoms with Gasteiger partial charge in [0.25, 0.3) is 0 Å². The molecule has 2 aromatic heterocycles. The van der Waals surface area contributed by atoms with Crippen molar-refractivity contribution in [3.05, 3.63) is 54.4 Å². The monoisotopic (exact) mass is 474 g/mol. The molecular weight excluding hydrogens is 449 g/mol. The Labute approximate surface area is 194 Å². The van der Waals surface area contributed by atoms with E-state index in [0.29, 0.717) is 30.5 Å². The molecule has 8 nitrogen and oxygen atoms in total. The van der Waals surface area contributed by atoms with Crippen LogP contribution < -0.4 is 16.0 Å². The number of alkyl halides is 3. The topological polar surface area (TPSA) is 104 Å². The van der Waals surface area contributed by atoms with E-state index in [9.17, 15) is 18.0 Å². The maximum atomic E-state index is 12.3. The van der Waals surface area contributed by atoms with Gasteiger partial charge in [0.1, 0.15) is 12.2 Å². The van der Waals surface area contributed by atoms with Crippen molar-refractivity contribution in [3.63, 3.8) is 0 Å². The SMILES string of the molecule is N=CC(CNC1CCOC1)c1ccn2c(-c3cccc(NC(=O)NCC(F)(F)F)c3)cnc2c1. The minimum absolute atomic E-state index is 0.103. The Morgan fingerprint density at radius 3 is 2.91 bits per heavy atom. The van der Waals surface area contributed by atoms with Crippen molar-refractivity contribution in [2.24, 2.45) is 0 Å². The van der Waals surface area contributed by atoms with E-state index in [1.807, 2.05) is 28.8 Å². The van der Waals surface area contributed by atoms with E-state index in [0.717, 1.165) is 29.8 Å². The van der Waals surface area contributed by atoms with E-state index in [4.69, 9.17) is 10.1 Å². The summed E-state index contributed by atoms with van der Waals surface area (Å²) in [6.07, 6.45) is 1.46. The second kappa shape index (κ2) is 10.2. The van der Waals surface area contributed by atoms with Gasteiger partial charge >= 0.3 is 12.2 Å². The predicted molar refractivity (Wildman–Crippen MR) is 122 cm³/mol. The molecule has 1 aliphatic rings. The van der Waals surface area contributed by atoms with Crippen molar-refractivity contribution in [3.8, 4) is 11.3 Å². The zero-order valence-corrected chi connectivity index (χ0v) is 18.2. The highest BCUT2D eigenvalue weighted by Crippen LogP contribution is 2.25. The van der Waals surface area contributed by atoms with Crippen molar-refractivity contribution in [1.82, 2.24) is 20.0 Å². The molecule has 1 fully saturated rings. The highest BCUT2D eigenvalue weighted by molar-refractivity contribution is 5.90.